The van der Waals surface area contributed by atoms with E-state index in [1.54, 1.807) is 18.2 Å². The number of aromatic nitrogens is 2. The molecule has 1 aromatic carbocycles. The van der Waals surface area contributed by atoms with Crippen molar-refractivity contribution in [2.45, 2.75) is 45.4 Å². The molecule has 4 rings (SSSR count). The highest BCUT2D eigenvalue weighted by atomic mass is 16.3. The fraction of sp³-hybridized carbons (Fsp3) is 0.333. The standard InChI is InChI=1S/C21H21N3O4/c1-21(2,3)20-24-15-9-11(7-8-17(15)28-20)22-18(26)13-10-12-14(23-19(13)27)5-4-6-16(12)25/h7-10H,4-6H2,1-3H3,(H,22,26)(H,23,27). The van der Waals surface area contributed by atoms with E-state index in [0.29, 0.717) is 53.2 Å². The number of H-pyrrole nitrogens is 1. The number of anilines is 1. The first kappa shape index (κ1) is 18.2. The first-order valence-corrected chi connectivity index (χ1v) is 9.24. The van der Waals surface area contributed by atoms with Crippen LogP contribution in [0.5, 0.6) is 0 Å². The average molecular weight is 379 g/mol. The van der Waals surface area contributed by atoms with Gasteiger partial charge in [0.25, 0.3) is 11.5 Å². The molecule has 0 atom stereocenters. The lowest BCUT2D eigenvalue weighted by Crippen LogP contribution is -2.27. The monoisotopic (exact) mass is 379 g/mol. The van der Waals surface area contributed by atoms with Crippen molar-refractivity contribution in [3.63, 3.8) is 0 Å². The molecule has 2 heterocycles. The van der Waals surface area contributed by atoms with E-state index in [9.17, 15) is 14.4 Å². The Kier molecular flexibility index (Phi) is 4.18. The van der Waals surface area contributed by atoms with E-state index < -0.39 is 11.5 Å². The van der Waals surface area contributed by atoms with Crippen molar-refractivity contribution < 1.29 is 14.0 Å². The van der Waals surface area contributed by atoms with Crippen LogP contribution in [0.1, 0.15) is 65.9 Å². The van der Waals surface area contributed by atoms with Crippen molar-refractivity contribution in [3.8, 4) is 0 Å². The van der Waals surface area contributed by atoms with Crippen LogP contribution in [0.15, 0.2) is 33.5 Å². The van der Waals surface area contributed by atoms with Crippen LogP contribution >= 0.6 is 0 Å². The number of aromatic amines is 1. The normalized spacial score (nSPS) is 14.2. The minimum atomic E-state index is -0.568. The molecule has 1 aliphatic carbocycles. The number of oxazole rings is 1. The Balaban J connectivity index is 1.64. The number of amides is 1. The summed E-state index contributed by atoms with van der Waals surface area (Å²) < 4.78 is 5.75. The Morgan fingerprint density at radius 3 is 2.71 bits per heavy atom. The van der Waals surface area contributed by atoms with E-state index in [4.69, 9.17) is 4.42 Å². The van der Waals surface area contributed by atoms with E-state index in [2.05, 4.69) is 15.3 Å². The first-order valence-electron chi connectivity index (χ1n) is 9.24. The van der Waals surface area contributed by atoms with Crippen LogP contribution in [-0.4, -0.2) is 21.7 Å². The largest absolute Gasteiger partial charge is 0.440 e. The summed E-state index contributed by atoms with van der Waals surface area (Å²) in [5.74, 6) is -0.0118. The van der Waals surface area contributed by atoms with E-state index in [1.165, 1.54) is 6.07 Å². The molecule has 0 aliphatic heterocycles. The lowest BCUT2D eigenvalue weighted by Gasteiger charge is -2.15. The van der Waals surface area contributed by atoms with Gasteiger partial charge >= 0.3 is 0 Å². The molecule has 2 aromatic heterocycles. The van der Waals surface area contributed by atoms with Crippen LogP contribution < -0.4 is 10.9 Å². The predicted molar refractivity (Wildman–Crippen MR) is 105 cm³/mol. The summed E-state index contributed by atoms with van der Waals surface area (Å²) in [5.41, 5.74) is 1.97. The highest BCUT2D eigenvalue weighted by Gasteiger charge is 2.23. The van der Waals surface area contributed by atoms with Crippen molar-refractivity contribution in [1.29, 1.82) is 0 Å². The number of carbonyl (C=O) groups excluding carboxylic acids is 2. The lowest BCUT2D eigenvalue weighted by molar-refractivity contribution is 0.0971. The van der Waals surface area contributed by atoms with Crippen LogP contribution in [0.3, 0.4) is 0 Å². The maximum atomic E-state index is 12.6. The Hall–Kier alpha value is -3.22. The highest BCUT2D eigenvalue weighted by molar-refractivity contribution is 6.07. The van der Waals surface area contributed by atoms with Gasteiger partial charge in [0.05, 0.1) is 0 Å². The van der Waals surface area contributed by atoms with Gasteiger partial charge in [0, 0.05) is 28.8 Å². The van der Waals surface area contributed by atoms with Gasteiger partial charge < -0.3 is 14.7 Å². The molecular formula is C21H21N3O4. The molecule has 1 amide bonds. The second kappa shape index (κ2) is 6.44. The van der Waals surface area contributed by atoms with Gasteiger partial charge in [-0.3, -0.25) is 14.4 Å². The molecule has 3 aromatic rings. The van der Waals surface area contributed by atoms with Gasteiger partial charge in [-0.05, 0) is 37.1 Å². The maximum Gasteiger partial charge on any atom is 0.261 e. The second-order valence-corrected chi connectivity index (χ2v) is 8.09. The predicted octanol–water partition coefficient (Wildman–Crippen LogP) is 3.58. The number of hydrogen-bond donors (Lipinski definition) is 2. The van der Waals surface area contributed by atoms with Gasteiger partial charge in [-0.25, -0.2) is 4.98 Å². The molecule has 2 N–H and O–H groups in total. The summed E-state index contributed by atoms with van der Waals surface area (Å²) in [5, 5.41) is 2.71. The number of hydrogen-bond acceptors (Lipinski definition) is 5. The molecule has 0 saturated carbocycles. The quantitative estimate of drug-likeness (QED) is 0.708. The summed E-state index contributed by atoms with van der Waals surface area (Å²) >= 11 is 0. The lowest BCUT2D eigenvalue weighted by atomic mass is 9.93. The topological polar surface area (TPSA) is 105 Å². The number of pyridine rings is 1. The van der Waals surface area contributed by atoms with Crippen LogP contribution in [0.25, 0.3) is 11.1 Å². The summed E-state index contributed by atoms with van der Waals surface area (Å²) in [7, 11) is 0. The third-order valence-corrected chi connectivity index (χ3v) is 4.79. The number of nitrogens with zero attached hydrogens (tertiary/aromatic N) is 1. The third-order valence-electron chi connectivity index (χ3n) is 4.79. The Bertz CT molecular complexity index is 1160. The van der Waals surface area contributed by atoms with Crippen LogP contribution in [0.4, 0.5) is 5.69 Å². The Morgan fingerprint density at radius 2 is 1.96 bits per heavy atom. The number of carbonyl (C=O) groups is 2. The average Bonchev–Trinajstić information content (AvgIpc) is 3.05. The first-order chi connectivity index (χ1) is 13.2. The Labute approximate surface area is 161 Å². The zero-order valence-electron chi connectivity index (χ0n) is 16.0. The SMILES string of the molecule is CC(C)(C)c1nc2cc(NC(=O)c3cc4c([nH]c3=O)CCCC4=O)ccc2o1. The van der Waals surface area contributed by atoms with Gasteiger partial charge in [0.1, 0.15) is 11.1 Å². The Morgan fingerprint density at radius 1 is 1.18 bits per heavy atom. The van der Waals surface area contributed by atoms with E-state index in [1.807, 2.05) is 20.8 Å². The minimum absolute atomic E-state index is 0.0507. The van der Waals surface area contributed by atoms with Crippen LogP contribution in [0, 0.1) is 0 Å². The highest BCUT2D eigenvalue weighted by Crippen LogP contribution is 2.27. The second-order valence-electron chi connectivity index (χ2n) is 8.09. The summed E-state index contributed by atoms with van der Waals surface area (Å²) in [6.45, 7) is 6.01. The molecule has 0 unspecified atom stereocenters. The van der Waals surface area contributed by atoms with Gasteiger partial charge in [0.15, 0.2) is 11.4 Å². The molecule has 1 aliphatic rings. The fourth-order valence-corrected chi connectivity index (χ4v) is 3.27. The molecule has 0 spiro atoms. The van der Waals surface area contributed by atoms with Crippen molar-refractivity contribution in [3.05, 3.63) is 57.3 Å². The van der Waals surface area contributed by atoms with Crippen molar-refractivity contribution >= 4 is 28.5 Å². The van der Waals surface area contributed by atoms with Crippen molar-refractivity contribution in [2.24, 2.45) is 0 Å². The van der Waals surface area contributed by atoms with Gasteiger partial charge in [-0.2, -0.15) is 0 Å². The number of nitrogens with one attached hydrogen (secondary N) is 2. The molecule has 7 heteroatoms. The summed E-state index contributed by atoms with van der Waals surface area (Å²) in [6, 6.07) is 6.52. The maximum absolute atomic E-state index is 12.6. The van der Waals surface area contributed by atoms with Crippen LogP contribution in [0.2, 0.25) is 0 Å². The zero-order valence-corrected chi connectivity index (χ0v) is 16.0. The number of fused-ring (bicyclic) bond motifs is 2. The number of Topliss-reactive ketones (excluding diaryl/α,β-unsaturated/α-hetero) is 1. The van der Waals surface area contributed by atoms with Crippen molar-refractivity contribution in [1.82, 2.24) is 9.97 Å². The number of ketones is 1. The van der Waals surface area contributed by atoms with Gasteiger partial charge in [-0.15, -0.1) is 0 Å². The number of aryl methyl sites for hydroxylation is 1. The fourth-order valence-electron chi connectivity index (χ4n) is 3.27. The molecule has 144 valence electrons. The van der Waals surface area contributed by atoms with E-state index in [-0.39, 0.29) is 16.8 Å². The van der Waals surface area contributed by atoms with Crippen molar-refractivity contribution in [2.75, 3.05) is 5.32 Å². The van der Waals surface area contributed by atoms with E-state index in [0.717, 1.165) is 0 Å². The molecular weight excluding hydrogens is 358 g/mol. The third kappa shape index (κ3) is 3.24. The molecule has 28 heavy (non-hydrogen) atoms. The molecule has 0 bridgehead atoms. The molecule has 0 fully saturated rings. The van der Waals surface area contributed by atoms with Crippen LogP contribution in [-0.2, 0) is 11.8 Å². The number of rotatable bonds is 2. The molecule has 7 nitrogen and oxygen atoms in total. The summed E-state index contributed by atoms with van der Waals surface area (Å²) in [6.07, 6.45) is 1.78. The molecule has 0 radical (unpaired) electrons. The summed E-state index contributed by atoms with van der Waals surface area (Å²) in [4.78, 5) is 44.2. The van der Waals surface area contributed by atoms with Gasteiger partial charge in [-0.1, -0.05) is 20.8 Å². The molecule has 0 saturated heterocycles. The zero-order chi connectivity index (χ0) is 20.1. The number of benzene rings is 1. The van der Waals surface area contributed by atoms with E-state index >= 15 is 0 Å². The minimum Gasteiger partial charge on any atom is -0.440 e. The van der Waals surface area contributed by atoms with Gasteiger partial charge in [0.2, 0.25) is 5.89 Å². The smallest absolute Gasteiger partial charge is 0.261 e.